The molecule has 0 aliphatic rings. The van der Waals surface area contributed by atoms with Crippen LogP contribution in [0, 0.1) is 0 Å². The van der Waals surface area contributed by atoms with Crippen LogP contribution in [-0.2, 0) is 6.54 Å². The Kier molecular flexibility index (Phi) is 4.20. The molecule has 0 aliphatic carbocycles. The van der Waals surface area contributed by atoms with Gasteiger partial charge in [0.15, 0.2) is 0 Å². The largest absolute Gasteiger partial charge is 0.378 e. The van der Waals surface area contributed by atoms with Gasteiger partial charge >= 0.3 is 0 Å². The lowest BCUT2D eigenvalue weighted by molar-refractivity contribution is 0.270. The normalized spacial score (nSPS) is 12.4. The van der Waals surface area contributed by atoms with Crippen LogP contribution in [0.1, 0.15) is 16.6 Å². The van der Waals surface area contributed by atoms with Gasteiger partial charge in [0.1, 0.15) is 5.44 Å². The van der Waals surface area contributed by atoms with E-state index < -0.39 is 5.44 Å². The third kappa shape index (κ3) is 3.09. The Labute approximate surface area is 105 Å². The average molecular weight is 245 g/mol. The molecule has 3 N–H and O–H groups in total. The summed E-state index contributed by atoms with van der Waals surface area (Å²) >= 11 is 1.42. The summed E-state index contributed by atoms with van der Waals surface area (Å²) in [6.07, 6.45) is 0. The molecule has 0 heterocycles. The van der Waals surface area contributed by atoms with Gasteiger partial charge in [-0.15, -0.1) is 0 Å². The van der Waals surface area contributed by atoms with E-state index in [1.807, 2.05) is 54.6 Å². The third-order valence-electron chi connectivity index (χ3n) is 2.52. The lowest BCUT2D eigenvalue weighted by Crippen LogP contribution is -1.99. The monoisotopic (exact) mass is 245 g/mol. The number of aliphatic hydroxyl groups is 1. The highest BCUT2D eigenvalue weighted by atomic mass is 32.2. The van der Waals surface area contributed by atoms with Gasteiger partial charge in [0.2, 0.25) is 0 Å². The Morgan fingerprint density at radius 2 is 1.65 bits per heavy atom. The minimum atomic E-state index is -0.552. The predicted octanol–water partition coefficient (Wildman–Crippen LogP) is 2.93. The van der Waals surface area contributed by atoms with Crippen LogP contribution in [0.3, 0.4) is 0 Å². The number of hydrogen-bond acceptors (Lipinski definition) is 3. The quantitative estimate of drug-likeness (QED) is 0.643. The molecule has 0 aliphatic heterocycles. The number of hydrogen-bond donors (Lipinski definition) is 2. The van der Waals surface area contributed by atoms with Crippen molar-refractivity contribution in [3.63, 3.8) is 0 Å². The first-order valence-corrected chi connectivity index (χ1v) is 6.37. The Balaban J connectivity index is 2.16. The maximum Gasteiger partial charge on any atom is 0.129 e. The Morgan fingerprint density at radius 1 is 1.00 bits per heavy atom. The first-order valence-electron chi connectivity index (χ1n) is 5.49. The second-order valence-electron chi connectivity index (χ2n) is 3.69. The van der Waals surface area contributed by atoms with Crippen LogP contribution >= 0.6 is 11.8 Å². The van der Waals surface area contributed by atoms with Crippen molar-refractivity contribution in [3.05, 3.63) is 65.7 Å². The summed E-state index contributed by atoms with van der Waals surface area (Å²) in [5, 5.41) is 10.1. The summed E-state index contributed by atoms with van der Waals surface area (Å²) in [5.41, 5.74) is 7.09. The van der Waals surface area contributed by atoms with Crippen LogP contribution in [0.5, 0.6) is 0 Å². The van der Waals surface area contributed by atoms with Crippen molar-refractivity contribution in [2.24, 2.45) is 5.73 Å². The molecule has 2 aromatic rings. The second kappa shape index (κ2) is 5.87. The molecule has 17 heavy (non-hydrogen) atoms. The summed E-state index contributed by atoms with van der Waals surface area (Å²) in [4.78, 5) is 1.03. The molecule has 0 spiro atoms. The lowest BCUT2D eigenvalue weighted by atomic mass is 10.2. The molecule has 0 amide bonds. The fraction of sp³-hybridized carbons (Fsp3) is 0.143. The van der Waals surface area contributed by atoms with Gasteiger partial charge in [-0.25, -0.2) is 0 Å². The fourth-order valence-corrected chi connectivity index (χ4v) is 2.59. The summed E-state index contributed by atoms with van der Waals surface area (Å²) in [7, 11) is 0. The number of nitrogens with two attached hydrogens (primary N) is 1. The lowest BCUT2D eigenvalue weighted by Gasteiger charge is -2.13. The van der Waals surface area contributed by atoms with Gasteiger partial charge in [-0.05, 0) is 17.2 Å². The van der Waals surface area contributed by atoms with E-state index in [-0.39, 0.29) is 0 Å². The average Bonchev–Trinajstić information content (AvgIpc) is 2.40. The molecule has 0 bridgehead atoms. The van der Waals surface area contributed by atoms with Gasteiger partial charge in [0, 0.05) is 11.4 Å². The highest BCUT2D eigenvalue weighted by molar-refractivity contribution is 7.99. The van der Waals surface area contributed by atoms with Crippen LogP contribution in [0.15, 0.2) is 59.5 Å². The standard InChI is InChI=1S/C14H15NOS/c15-10-12-8-4-5-9-13(12)17-14(16)11-6-2-1-3-7-11/h1-9,14,16H,10,15H2. The van der Waals surface area contributed by atoms with E-state index in [0.29, 0.717) is 6.54 Å². The smallest absolute Gasteiger partial charge is 0.129 e. The molecule has 0 saturated carbocycles. The molecule has 88 valence electrons. The molecule has 0 saturated heterocycles. The predicted molar refractivity (Wildman–Crippen MR) is 71.6 cm³/mol. The summed E-state index contributed by atoms with van der Waals surface area (Å²) in [6, 6.07) is 17.5. The van der Waals surface area contributed by atoms with Gasteiger partial charge in [0.05, 0.1) is 0 Å². The zero-order valence-corrected chi connectivity index (χ0v) is 10.2. The Bertz CT molecular complexity index is 473. The van der Waals surface area contributed by atoms with Gasteiger partial charge in [0.25, 0.3) is 0 Å². The van der Waals surface area contributed by atoms with Gasteiger partial charge in [-0.1, -0.05) is 60.3 Å². The summed E-state index contributed by atoms with van der Waals surface area (Å²) in [6.45, 7) is 0.491. The fourth-order valence-electron chi connectivity index (χ4n) is 1.59. The van der Waals surface area contributed by atoms with Crippen LogP contribution in [0.25, 0.3) is 0 Å². The SMILES string of the molecule is NCc1ccccc1SC(O)c1ccccc1. The van der Waals surface area contributed by atoms with Crippen molar-refractivity contribution in [2.45, 2.75) is 16.9 Å². The van der Waals surface area contributed by atoms with Gasteiger partial charge in [-0.2, -0.15) is 0 Å². The van der Waals surface area contributed by atoms with Crippen molar-refractivity contribution >= 4 is 11.8 Å². The highest BCUT2D eigenvalue weighted by Crippen LogP contribution is 2.34. The van der Waals surface area contributed by atoms with E-state index in [0.717, 1.165) is 16.0 Å². The maximum absolute atomic E-state index is 10.1. The summed E-state index contributed by atoms with van der Waals surface area (Å²) < 4.78 is 0. The Morgan fingerprint density at radius 3 is 2.35 bits per heavy atom. The van der Waals surface area contributed by atoms with Crippen molar-refractivity contribution in [1.82, 2.24) is 0 Å². The van der Waals surface area contributed by atoms with E-state index >= 15 is 0 Å². The van der Waals surface area contributed by atoms with E-state index in [2.05, 4.69) is 0 Å². The molecule has 1 unspecified atom stereocenters. The zero-order valence-electron chi connectivity index (χ0n) is 9.41. The molecule has 1 atom stereocenters. The highest BCUT2D eigenvalue weighted by Gasteiger charge is 2.10. The first kappa shape index (κ1) is 12.2. The maximum atomic E-state index is 10.1. The third-order valence-corrected chi connectivity index (χ3v) is 3.66. The topological polar surface area (TPSA) is 46.2 Å². The van der Waals surface area contributed by atoms with E-state index in [4.69, 9.17) is 5.73 Å². The van der Waals surface area contributed by atoms with Crippen LogP contribution in [0.4, 0.5) is 0 Å². The summed E-state index contributed by atoms with van der Waals surface area (Å²) in [5.74, 6) is 0. The molecular weight excluding hydrogens is 230 g/mol. The van der Waals surface area contributed by atoms with Crippen molar-refractivity contribution < 1.29 is 5.11 Å². The zero-order chi connectivity index (χ0) is 12.1. The molecule has 0 fully saturated rings. The molecule has 0 aromatic heterocycles. The molecule has 3 heteroatoms. The first-order chi connectivity index (χ1) is 8.31. The van der Waals surface area contributed by atoms with E-state index in [1.54, 1.807) is 0 Å². The van der Waals surface area contributed by atoms with Crippen LogP contribution in [0.2, 0.25) is 0 Å². The minimum Gasteiger partial charge on any atom is -0.378 e. The number of benzene rings is 2. The van der Waals surface area contributed by atoms with Crippen molar-refractivity contribution in [3.8, 4) is 0 Å². The second-order valence-corrected chi connectivity index (χ2v) is 4.81. The van der Waals surface area contributed by atoms with E-state index in [9.17, 15) is 5.11 Å². The van der Waals surface area contributed by atoms with E-state index in [1.165, 1.54) is 11.8 Å². The molecule has 0 radical (unpaired) electrons. The molecular formula is C14H15NOS. The van der Waals surface area contributed by atoms with Crippen molar-refractivity contribution in [2.75, 3.05) is 0 Å². The minimum absolute atomic E-state index is 0.491. The van der Waals surface area contributed by atoms with Crippen molar-refractivity contribution in [1.29, 1.82) is 0 Å². The van der Waals surface area contributed by atoms with Crippen LogP contribution < -0.4 is 5.73 Å². The Hall–Kier alpha value is -1.29. The molecule has 2 rings (SSSR count). The molecule has 2 nitrogen and oxygen atoms in total. The number of thioether (sulfide) groups is 1. The van der Waals surface area contributed by atoms with Crippen LogP contribution in [-0.4, -0.2) is 5.11 Å². The van der Waals surface area contributed by atoms with Gasteiger partial charge < -0.3 is 10.8 Å². The van der Waals surface area contributed by atoms with Gasteiger partial charge in [-0.3, -0.25) is 0 Å². The number of rotatable bonds is 4. The number of aliphatic hydroxyl groups excluding tert-OH is 1. The molecule has 2 aromatic carbocycles.